The number of hydrogen-bond donors (Lipinski definition) is 1. The van der Waals surface area contributed by atoms with E-state index in [1.165, 1.54) is 0 Å². The van der Waals surface area contributed by atoms with Crippen molar-refractivity contribution in [3.05, 3.63) is 50.2 Å². The molecule has 1 unspecified atom stereocenters. The van der Waals surface area contributed by atoms with E-state index in [1.807, 2.05) is 28.9 Å². The third-order valence-electron chi connectivity index (χ3n) is 3.51. The Kier molecular flexibility index (Phi) is 6.02. The molecule has 1 heterocycles. The van der Waals surface area contributed by atoms with Crippen molar-refractivity contribution in [1.29, 1.82) is 0 Å². The molecule has 0 saturated heterocycles. The molecule has 0 bridgehead atoms. The molecule has 0 saturated carbocycles. The highest BCUT2D eigenvalue weighted by Gasteiger charge is 2.17. The Morgan fingerprint density at radius 2 is 1.81 bits per heavy atom. The molecule has 5 heteroatoms. The largest absolute Gasteiger partial charge is 0.392 e. The summed E-state index contributed by atoms with van der Waals surface area (Å²) in [6.07, 6.45) is 1.74. The van der Waals surface area contributed by atoms with Crippen LogP contribution in [0.15, 0.2) is 33.2 Å². The quantitative estimate of drug-likeness (QED) is 0.769. The maximum atomic E-state index is 10.4. The van der Waals surface area contributed by atoms with Gasteiger partial charge >= 0.3 is 0 Å². The van der Waals surface area contributed by atoms with E-state index in [4.69, 9.17) is 0 Å². The molecule has 21 heavy (non-hydrogen) atoms. The third-order valence-corrected chi connectivity index (χ3v) is 4.95. The standard InChI is InChI=1S/C16H20Br2N2O/c1-3-14-16(18)15(20(4-2)19-14)10-13(21)9-11-5-7-12(17)8-6-11/h5-8,13,21H,3-4,9-10H2,1-2H3. The number of aromatic nitrogens is 2. The molecule has 2 aromatic rings. The van der Waals surface area contributed by atoms with Crippen molar-refractivity contribution >= 4 is 31.9 Å². The predicted molar refractivity (Wildman–Crippen MR) is 92.5 cm³/mol. The topological polar surface area (TPSA) is 38.0 Å². The lowest BCUT2D eigenvalue weighted by atomic mass is 10.0. The van der Waals surface area contributed by atoms with Gasteiger partial charge in [0, 0.05) is 17.4 Å². The van der Waals surface area contributed by atoms with Crippen LogP contribution >= 0.6 is 31.9 Å². The van der Waals surface area contributed by atoms with Crippen molar-refractivity contribution in [1.82, 2.24) is 9.78 Å². The Balaban J connectivity index is 2.10. The summed E-state index contributed by atoms with van der Waals surface area (Å²) in [5, 5.41) is 14.9. The van der Waals surface area contributed by atoms with Crippen LogP contribution in [0.4, 0.5) is 0 Å². The molecule has 0 aliphatic carbocycles. The minimum atomic E-state index is -0.408. The summed E-state index contributed by atoms with van der Waals surface area (Å²) < 4.78 is 4.08. The van der Waals surface area contributed by atoms with Gasteiger partial charge in [0.05, 0.1) is 22.0 Å². The molecule has 0 aliphatic rings. The van der Waals surface area contributed by atoms with E-state index < -0.39 is 6.10 Å². The zero-order valence-corrected chi connectivity index (χ0v) is 15.5. The van der Waals surface area contributed by atoms with E-state index in [0.29, 0.717) is 12.8 Å². The van der Waals surface area contributed by atoms with Gasteiger partial charge in [0.1, 0.15) is 0 Å². The molecule has 1 aromatic carbocycles. The van der Waals surface area contributed by atoms with Gasteiger partial charge in [-0.05, 0) is 53.4 Å². The van der Waals surface area contributed by atoms with Gasteiger partial charge in [-0.25, -0.2) is 0 Å². The van der Waals surface area contributed by atoms with Gasteiger partial charge < -0.3 is 5.11 Å². The highest BCUT2D eigenvalue weighted by Crippen LogP contribution is 2.24. The summed E-state index contributed by atoms with van der Waals surface area (Å²) in [4.78, 5) is 0. The molecule has 0 fully saturated rings. The molecule has 0 radical (unpaired) electrons. The fraction of sp³-hybridized carbons (Fsp3) is 0.438. The first kappa shape index (κ1) is 16.7. The Labute approximate surface area is 142 Å². The first-order chi connectivity index (χ1) is 10.0. The number of aliphatic hydroxyl groups excluding tert-OH is 1. The van der Waals surface area contributed by atoms with Gasteiger partial charge in [0.2, 0.25) is 0 Å². The minimum absolute atomic E-state index is 0.408. The fourth-order valence-electron chi connectivity index (χ4n) is 2.40. The molecule has 0 aliphatic heterocycles. The van der Waals surface area contributed by atoms with Gasteiger partial charge in [-0.15, -0.1) is 0 Å². The molecule has 2 rings (SSSR count). The van der Waals surface area contributed by atoms with Crippen molar-refractivity contribution in [3.63, 3.8) is 0 Å². The summed E-state index contributed by atoms with van der Waals surface area (Å²) in [6.45, 7) is 4.98. The van der Waals surface area contributed by atoms with Gasteiger partial charge in [-0.1, -0.05) is 35.0 Å². The molecular weight excluding hydrogens is 396 g/mol. The molecule has 0 amide bonds. The molecule has 114 valence electrons. The smallest absolute Gasteiger partial charge is 0.0766 e. The lowest BCUT2D eigenvalue weighted by Gasteiger charge is -2.12. The monoisotopic (exact) mass is 414 g/mol. The zero-order chi connectivity index (χ0) is 15.4. The van der Waals surface area contributed by atoms with E-state index in [-0.39, 0.29) is 0 Å². The van der Waals surface area contributed by atoms with Crippen molar-refractivity contribution in [2.75, 3.05) is 0 Å². The number of halogens is 2. The molecule has 1 aromatic heterocycles. The molecule has 3 nitrogen and oxygen atoms in total. The second-order valence-electron chi connectivity index (χ2n) is 5.07. The lowest BCUT2D eigenvalue weighted by molar-refractivity contribution is 0.172. The van der Waals surface area contributed by atoms with Gasteiger partial charge in [0.15, 0.2) is 0 Å². The van der Waals surface area contributed by atoms with Crippen molar-refractivity contribution in [2.24, 2.45) is 0 Å². The van der Waals surface area contributed by atoms with Crippen LogP contribution in [-0.4, -0.2) is 21.0 Å². The Morgan fingerprint density at radius 3 is 2.38 bits per heavy atom. The number of benzene rings is 1. The summed E-state index contributed by atoms with van der Waals surface area (Å²) in [5.74, 6) is 0. The van der Waals surface area contributed by atoms with Crippen molar-refractivity contribution < 1.29 is 5.11 Å². The Bertz CT molecular complexity index is 593. The van der Waals surface area contributed by atoms with Crippen LogP contribution < -0.4 is 0 Å². The number of aryl methyl sites for hydroxylation is 2. The minimum Gasteiger partial charge on any atom is -0.392 e. The SMILES string of the molecule is CCc1nn(CC)c(CC(O)Cc2ccc(Br)cc2)c1Br. The second-order valence-corrected chi connectivity index (χ2v) is 6.77. The Hall–Kier alpha value is -0.650. The van der Waals surface area contributed by atoms with E-state index in [1.54, 1.807) is 0 Å². The van der Waals surface area contributed by atoms with Crippen molar-refractivity contribution in [2.45, 2.75) is 45.8 Å². The van der Waals surface area contributed by atoms with Crippen LogP contribution in [0.1, 0.15) is 30.8 Å². The maximum Gasteiger partial charge on any atom is 0.0766 e. The number of rotatable bonds is 6. The van der Waals surface area contributed by atoms with Crippen LogP contribution in [0.5, 0.6) is 0 Å². The first-order valence-corrected chi connectivity index (χ1v) is 8.80. The second kappa shape index (κ2) is 7.56. The van der Waals surface area contributed by atoms with Gasteiger partial charge in [0.25, 0.3) is 0 Å². The summed E-state index contributed by atoms with van der Waals surface area (Å²) in [6, 6.07) is 8.08. The summed E-state index contributed by atoms with van der Waals surface area (Å²) in [5.41, 5.74) is 3.28. The molecular formula is C16H20Br2N2O. The fourth-order valence-corrected chi connectivity index (χ4v) is 3.39. The average molecular weight is 416 g/mol. The Morgan fingerprint density at radius 1 is 1.14 bits per heavy atom. The number of nitrogens with zero attached hydrogens (tertiary/aromatic N) is 2. The lowest BCUT2D eigenvalue weighted by Crippen LogP contribution is -2.17. The van der Waals surface area contributed by atoms with Crippen LogP contribution in [0.25, 0.3) is 0 Å². The maximum absolute atomic E-state index is 10.4. The molecule has 1 atom stereocenters. The van der Waals surface area contributed by atoms with Crippen LogP contribution in [0.3, 0.4) is 0 Å². The van der Waals surface area contributed by atoms with E-state index in [9.17, 15) is 5.11 Å². The van der Waals surface area contributed by atoms with Crippen molar-refractivity contribution in [3.8, 4) is 0 Å². The zero-order valence-electron chi connectivity index (χ0n) is 12.3. The van der Waals surface area contributed by atoms with Gasteiger partial charge in [-0.2, -0.15) is 5.10 Å². The highest BCUT2D eigenvalue weighted by atomic mass is 79.9. The molecule has 1 N–H and O–H groups in total. The van der Waals surface area contributed by atoms with Gasteiger partial charge in [-0.3, -0.25) is 4.68 Å². The average Bonchev–Trinajstić information content (AvgIpc) is 2.77. The first-order valence-electron chi connectivity index (χ1n) is 7.21. The molecule has 0 spiro atoms. The number of aliphatic hydroxyl groups is 1. The van der Waals surface area contributed by atoms with E-state index in [0.717, 1.165) is 38.9 Å². The van der Waals surface area contributed by atoms with Crippen LogP contribution in [0.2, 0.25) is 0 Å². The summed E-state index contributed by atoms with van der Waals surface area (Å²) in [7, 11) is 0. The summed E-state index contributed by atoms with van der Waals surface area (Å²) >= 11 is 7.05. The van der Waals surface area contributed by atoms with E-state index >= 15 is 0 Å². The predicted octanol–water partition coefficient (Wildman–Crippen LogP) is 4.14. The van der Waals surface area contributed by atoms with Crippen LogP contribution in [-0.2, 0) is 25.8 Å². The highest BCUT2D eigenvalue weighted by molar-refractivity contribution is 9.10. The third kappa shape index (κ3) is 4.18. The number of hydrogen-bond acceptors (Lipinski definition) is 2. The van der Waals surface area contributed by atoms with Crippen LogP contribution in [0, 0.1) is 0 Å². The van der Waals surface area contributed by atoms with E-state index in [2.05, 4.69) is 50.8 Å². The normalized spacial score (nSPS) is 12.6.